The van der Waals surface area contributed by atoms with E-state index in [1.54, 1.807) is 14.2 Å². The number of ether oxygens (including phenoxy) is 2. The summed E-state index contributed by atoms with van der Waals surface area (Å²) in [6.45, 7) is 4.17. The standard InChI is InChI=1S/C18H23NO3/c1-12-8-17(21-3)18(22-4)10-16(12)19-13(2)15-7-5-6-14(9-15)11-20/h5-10,13,19-20H,11H2,1-4H3. The highest BCUT2D eigenvalue weighted by Crippen LogP contribution is 2.34. The number of nitrogens with one attached hydrogen (secondary N) is 1. The molecule has 0 aromatic heterocycles. The van der Waals surface area contributed by atoms with E-state index in [-0.39, 0.29) is 12.6 Å². The number of rotatable bonds is 6. The number of anilines is 1. The van der Waals surface area contributed by atoms with Crippen LogP contribution in [0.4, 0.5) is 5.69 Å². The molecule has 0 aliphatic carbocycles. The second-order valence-corrected chi connectivity index (χ2v) is 5.29. The molecule has 2 aromatic carbocycles. The molecule has 0 amide bonds. The summed E-state index contributed by atoms with van der Waals surface area (Å²) in [4.78, 5) is 0. The van der Waals surface area contributed by atoms with Gasteiger partial charge in [0, 0.05) is 17.8 Å². The highest BCUT2D eigenvalue weighted by atomic mass is 16.5. The highest BCUT2D eigenvalue weighted by Gasteiger charge is 2.12. The molecule has 1 atom stereocenters. The summed E-state index contributed by atoms with van der Waals surface area (Å²) < 4.78 is 10.7. The summed E-state index contributed by atoms with van der Waals surface area (Å²) >= 11 is 0. The summed E-state index contributed by atoms with van der Waals surface area (Å²) in [5.74, 6) is 1.42. The van der Waals surface area contributed by atoms with Crippen molar-refractivity contribution in [3.63, 3.8) is 0 Å². The maximum atomic E-state index is 9.25. The van der Waals surface area contributed by atoms with Crippen LogP contribution in [-0.2, 0) is 6.61 Å². The molecule has 0 heterocycles. The number of aryl methyl sites for hydroxylation is 1. The lowest BCUT2D eigenvalue weighted by molar-refractivity contribution is 0.281. The first-order valence-corrected chi connectivity index (χ1v) is 7.28. The Morgan fingerprint density at radius 3 is 2.41 bits per heavy atom. The first-order valence-electron chi connectivity index (χ1n) is 7.28. The van der Waals surface area contributed by atoms with Gasteiger partial charge < -0.3 is 19.9 Å². The van der Waals surface area contributed by atoms with E-state index in [9.17, 15) is 5.11 Å². The molecule has 0 aliphatic rings. The van der Waals surface area contributed by atoms with E-state index in [1.165, 1.54) is 0 Å². The zero-order valence-electron chi connectivity index (χ0n) is 13.5. The van der Waals surface area contributed by atoms with Crippen molar-refractivity contribution in [3.05, 3.63) is 53.1 Å². The third-order valence-electron chi connectivity index (χ3n) is 3.74. The van der Waals surface area contributed by atoms with E-state index in [0.29, 0.717) is 5.75 Å². The Balaban J connectivity index is 2.25. The summed E-state index contributed by atoms with van der Waals surface area (Å²) in [6.07, 6.45) is 0. The van der Waals surface area contributed by atoms with E-state index in [0.717, 1.165) is 28.1 Å². The fourth-order valence-electron chi connectivity index (χ4n) is 2.41. The SMILES string of the molecule is COc1cc(C)c(NC(C)c2cccc(CO)c2)cc1OC. The number of aliphatic hydroxyl groups is 1. The lowest BCUT2D eigenvalue weighted by Gasteiger charge is -2.20. The van der Waals surface area contributed by atoms with Crippen LogP contribution < -0.4 is 14.8 Å². The lowest BCUT2D eigenvalue weighted by Crippen LogP contribution is -2.08. The average molecular weight is 301 g/mol. The number of methoxy groups -OCH3 is 2. The molecule has 2 aromatic rings. The Bertz CT molecular complexity index is 640. The summed E-state index contributed by atoms with van der Waals surface area (Å²) in [6, 6.07) is 11.9. The van der Waals surface area contributed by atoms with Gasteiger partial charge in [-0.2, -0.15) is 0 Å². The van der Waals surface area contributed by atoms with Crippen molar-refractivity contribution in [1.82, 2.24) is 0 Å². The van der Waals surface area contributed by atoms with Gasteiger partial charge in [0.1, 0.15) is 0 Å². The van der Waals surface area contributed by atoms with E-state index in [1.807, 2.05) is 43.3 Å². The smallest absolute Gasteiger partial charge is 0.162 e. The van der Waals surface area contributed by atoms with Crippen LogP contribution in [0.1, 0.15) is 29.7 Å². The molecular weight excluding hydrogens is 278 g/mol. The van der Waals surface area contributed by atoms with Gasteiger partial charge in [-0.1, -0.05) is 24.3 Å². The number of aliphatic hydroxyl groups excluding tert-OH is 1. The zero-order valence-corrected chi connectivity index (χ0v) is 13.5. The first-order chi connectivity index (χ1) is 10.6. The van der Waals surface area contributed by atoms with Gasteiger partial charge in [0.05, 0.1) is 20.8 Å². The summed E-state index contributed by atoms with van der Waals surface area (Å²) in [7, 11) is 3.26. The van der Waals surface area contributed by atoms with Crippen LogP contribution in [-0.4, -0.2) is 19.3 Å². The molecule has 0 saturated heterocycles. The maximum absolute atomic E-state index is 9.25. The number of hydrogen-bond acceptors (Lipinski definition) is 4. The van der Waals surface area contributed by atoms with Gasteiger partial charge in [0.15, 0.2) is 11.5 Å². The van der Waals surface area contributed by atoms with Crippen molar-refractivity contribution in [2.45, 2.75) is 26.5 Å². The van der Waals surface area contributed by atoms with Gasteiger partial charge in [-0.15, -0.1) is 0 Å². The van der Waals surface area contributed by atoms with Gasteiger partial charge in [0.25, 0.3) is 0 Å². The van der Waals surface area contributed by atoms with E-state index in [4.69, 9.17) is 9.47 Å². The molecule has 0 radical (unpaired) electrons. The molecule has 4 heteroatoms. The van der Waals surface area contributed by atoms with Crippen LogP contribution in [0.3, 0.4) is 0 Å². The molecule has 0 bridgehead atoms. The monoisotopic (exact) mass is 301 g/mol. The largest absolute Gasteiger partial charge is 0.493 e. The van der Waals surface area contributed by atoms with Gasteiger partial charge in [-0.3, -0.25) is 0 Å². The number of benzene rings is 2. The molecule has 0 spiro atoms. The Morgan fingerprint density at radius 1 is 1.09 bits per heavy atom. The molecule has 4 nitrogen and oxygen atoms in total. The van der Waals surface area contributed by atoms with Crippen molar-refractivity contribution < 1.29 is 14.6 Å². The van der Waals surface area contributed by atoms with Crippen molar-refractivity contribution in [2.75, 3.05) is 19.5 Å². The van der Waals surface area contributed by atoms with Gasteiger partial charge in [-0.05, 0) is 36.6 Å². The predicted molar refractivity (Wildman–Crippen MR) is 88.7 cm³/mol. The average Bonchev–Trinajstić information content (AvgIpc) is 2.56. The molecule has 2 N–H and O–H groups in total. The topological polar surface area (TPSA) is 50.7 Å². The van der Waals surface area contributed by atoms with Crippen molar-refractivity contribution in [1.29, 1.82) is 0 Å². The minimum Gasteiger partial charge on any atom is -0.493 e. The second kappa shape index (κ2) is 7.18. The van der Waals surface area contributed by atoms with Crippen molar-refractivity contribution in [2.24, 2.45) is 0 Å². The maximum Gasteiger partial charge on any atom is 0.162 e. The fraction of sp³-hybridized carbons (Fsp3) is 0.333. The Morgan fingerprint density at radius 2 is 1.77 bits per heavy atom. The lowest BCUT2D eigenvalue weighted by atomic mass is 10.0. The Hall–Kier alpha value is -2.20. The molecule has 0 aliphatic heterocycles. The summed E-state index contributed by atoms with van der Waals surface area (Å²) in [5, 5.41) is 12.7. The third kappa shape index (κ3) is 3.52. The zero-order chi connectivity index (χ0) is 16.1. The molecule has 0 saturated carbocycles. The van der Waals surface area contributed by atoms with Gasteiger partial charge in [0.2, 0.25) is 0 Å². The molecule has 1 unspecified atom stereocenters. The van der Waals surface area contributed by atoms with Gasteiger partial charge in [-0.25, -0.2) is 0 Å². The van der Waals surface area contributed by atoms with Crippen LogP contribution >= 0.6 is 0 Å². The second-order valence-electron chi connectivity index (χ2n) is 5.29. The quantitative estimate of drug-likeness (QED) is 0.854. The van der Waals surface area contributed by atoms with Crippen LogP contribution in [0.15, 0.2) is 36.4 Å². The van der Waals surface area contributed by atoms with Gasteiger partial charge >= 0.3 is 0 Å². The molecule has 0 fully saturated rings. The predicted octanol–water partition coefficient (Wildman–Crippen LogP) is 3.68. The molecular formula is C18H23NO3. The van der Waals surface area contributed by atoms with E-state index >= 15 is 0 Å². The van der Waals surface area contributed by atoms with Crippen molar-refractivity contribution >= 4 is 5.69 Å². The highest BCUT2D eigenvalue weighted by molar-refractivity contribution is 5.61. The molecule has 2 rings (SSSR count). The fourth-order valence-corrected chi connectivity index (χ4v) is 2.41. The van der Waals surface area contributed by atoms with E-state index in [2.05, 4.69) is 12.2 Å². The van der Waals surface area contributed by atoms with E-state index < -0.39 is 0 Å². The minimum atomic E-state index is 0.0515. The van der Waals surface area contributed by atoms with Crippen LogP contribution in [0.25, 0.3) is 0 Å². The van der Waals surface area contributed by atoms with Crippen LogP contribution in [0, 0.1) is 6.92 Å². The first kappa shape index (κ1) is 16.2. The summed E-state index contributed by atoms with van der Waals surface area (Å²) in [5.41, 5.74) is 4.12. The normalized spacial score (nSPS) is 11.9. The molecule has 22 heavy (non-hydrogen) atoms. The van der Waals surface area contributed by atoms with Crippen molar-refractivity contribution in [3.8, 4) is 11.5 Å². The van der Waals surface area contributed by atoms with Crippen LogP contribution in [0.2, 0.25) is 0 Å². The molecule has 118 valence electrons. The Labute approximate surface area is 131 Å². The van der Waals surface area contributed by atoms with Crippen LogP contribution in [0.5, 0.6) is 11.5 Å². The minimum absolute atomic E-state index is 0.0515. The number of hydrogen-bond donors (Lipinski definition) is 2. The third-order valence-corrected chi connectivity index (χ3v) is 3.74. The Kier molecular flexibility index (Phi) is 5.28.